The van der Waals surface area contributed by atoms with E-state index in [-0.39, 0.29) is 12.0 Å². The van der Waals surface area contributed by atoms with E-state index in [1.54, 1.807) is 0 Å². The van der Waals surface area contributed by atoms with Gasteiger partial charge in [0.05, 0.1) is 11.8 Å². The molecule has 0 unspecified atom stereocenters. The number of amides is 4. The van der Waals surface area contributed by atoms with Gasteiger partial charge < -0.3 is 11.5 Å². The molecule has 8 nitrogen and oxygen atoms in total. The molecule has 0 spiro atoms. The van der Waals surface area contributed by atoms with Crippen LogP contribution in [0.2, 0.25) is 0 Å². The lowest BCUT2D eigenvalue weighted by Crippen LogP contribution is -2.55. The first-order chi connectivity index (χ1) is 8.93. The minimum atomic E-state index is -0.708. The average molecular weight is 270 g/mol. The van der Waals surface area contributed by atoms with Crippen molar-refractivity contribution in [3.63, 3.8) is 0 Å². The molecule has 1 aliphatic rings. The minimum absolute atomic E-state index is 0.165. The Kier molecular flexibility index (Phi) is 5.56. The van der Waals surface area contributed by atoms with Crippen molar-refractivity contribution < 1.29 is 9.59 Å². The minimum Gasteiger partial charge on any atom is -0.351 e. The van der Waals surface area contributed by atoms with Crippen molar-refractivity contribution in [1.29, 1.82) is 0 Å². The Balaban J connectivity index is 2.78. The zero-order valence-electron chi connectivity index (χ0n) is 11.3. The van der Waals surface area contributed by atoms with Gasteiger partial charge in [-0.1, -0.05) is 20.3 Å². The summed E-state index contributed by atoms with van der Waals surface area (Å²) in [6.45, 7) is 4.17. The monoisotopic (exact) mass is 270 g/mol. The molecular formula is C11H22N6O2. The van der Waals surface area contributed by atoms with Crippen molar-refractivity contribution >= 4 is 17.8 Å². The second-order valence-electron chi connectivity index (χ2n) is 4.88. The third-order valence-electron chi connectivity index (χ3n) is 3.37. The zero-order valence-corrected chi connectivity index (χ0v) is 11.3. The van der Waals surface area contributed by atoms with Gasteiger partial charge in [0.25, 0.3) is 0 Å². The normalized spacial score (nSPS) is 28.9. The predicted molar refractivity (Wildman–Crippen MR) is 72.0 cm³/mol. The van der Waals surface area contributed by atoms with Crippen LogP contribution in [0, 0.1) is 11.8 Å². The SMILES string of the molecule is CC[C@@H]1C/C(=N\NC(N)=O)[C@@H](NNC(N)=O)[C@H](C)C1. The number of hydrazone groups is 1. The van der Waals surface area contributed by atoms with Crippen molar-refractivity contribution in [1.82, 2.24) is 16.3 Å². The molecule has 3 atom stereocenters. The van der Waals surface area contributed by atoms with Gasteiger partial charge in [0.15, 0.2) is 0 Å². The van der Waals surface area contributed by atoms with Crippen LogP contribution in [0.5, 0.6) is 0 Å². The molecule has 0 heterocycles. The summed E-state index contributed by atoms with van der Waals surface area (Å²) in [6, 6.07) is -1.53. The van der Waals surface area contributed by atoms with E-state index >= 15 is 0 Å². The molecule has 0 aromatic carbocycles. The maximum Gasteiger partial charge on any atom is 0.332 e. The van der Waals surface area contributed by atoms with Crippen molar-refractivity contribution in [3.05, 3.63) is 0 Å². The average Bonchev–Trinajstić information content (AvgIpc) is 2.34. The number of hydrogen-bond donors (Lipinski definition) is 5. The van der Waals surface area contributed by atoms with Crippen molar-refractivity contribution in [2.45, 2.75) is 39.2 Å². The highest BCUT2D eigenvalue weighted by Crippen LogP contribution is 2.29. The number of rotatable bonds is 4. The molecule has 0 saturated heterocycles. The highest BCUT2D eigenvalue weighted by Gasteiger charge is 2.32. The summed E-state index contributed by atoms with van der Waals surface area (Å²) < 4.78 is 0. The van der Waals surface area contributed by atoms with Crippen LogP contribution in [0.25, 0.3) is 0 Å². The maximum absolute atomic E-state index is 10.8. The summed E-state index contributed by atoms with van der Waals surface area (Å²) in [7, 11) is 0. The molecule has 1 rings (SSSR count). The van der Waals surface area contributed by atoms with E-state index in [1.807, 2.05) is 0 Å². The summed E-state index contributed by atoms with van der Waals surface area (Å²) in [5, 5.41) is 4.03. The Labute approximate surface area is 112 Å². The van der Waals surface area contributed by atoms with E-state index in [2.05, 4.69) is 35.2 Å². The lowest BCUT2D eigenvalue weighted by molar-refractivity contribution is 0.236. The Bertz CT molecular complexity index is 370. The van der Waals surface area contributed by atoms with E-state index in [0.717, 1.165) is 25.0 Å². The van der Waals surface area contributed by atoms with E-state index in [9.17, 15) is 9.59 Å². The van der Waals surface area contributed by atoms with E-state index in [0.29, 0.717) is 5.92 Å². The number of carbonyl (C=O) groups excluding carboxylic acids is 2. The fourth-order valence-electron chi connectivity index (χ4n) is 2.42. The molecule has 108 valence electrons. The number of nitrogens with zero attached hydrogens (tertiary/aromatic N) is 1. The van der Waals surface area contributed by atoms with Crippen LogP contribution < -0.4 is 27.7 Å². The fourth-order valence-corrected chi connectivity index (χ4v) is 2.42. The third kappa shape index (κ3) is 4.74. The van der Waals surface area contributed by atoms with Gasteiger partial charge in [0.1, 0.15) is 0 Å². The quantitative estimate of drug-likeness (QED) is 0.460. The molecule has 0 radical (unpaired) electrons. The van der Waals surface area contributed by atoms with Crippen LogP contribution in [0.15, 0.2) is 5.10 Å². The fraction of sp³-hybridized carbons (Fsp3) is 0.727. The largest absolute Gasteiger partial charge is 0.351 e. The Hall–Kier alpha value is -1.83. The van der Waals surface area contributed by atoms with Gasteiger partial charge in [-0.15, -0.1) is 0 Å². The first kappa shape index (κ1) is 15.2. The number of urea groups is 2. The van der Waals surface area contributed by atoms with Gasteiger partial charge in [-0.2, -0.15) is 5.10 Å². The van der Waals surface area contributed by atoms with Crippen LogP contribution in [0.3, 0.4) is 0 Å². The molecule has 1 aliphatic carbocycles. The molecular weight excluding hydrogens is 248 g/mol. The predicted octanol–water partition coefficient (Wildman–Crippen LogP) is 0.00830. The van der Waals surface area contributed by atoms with Crippen LogP contribution in [0.1, 0.15) is 33.1 Å². The van der Waals surface area contributed by atoms with Crippen LogP contribution in [-0.4, -0.2) is 23.8 Å². The van der Waals surface area contributed by atoms with Crippen molar-refractivity contribution in [3.8, 4) is 0 Å². The molecule has 7 N–H and O–H groups in total. The van der Waals surface area contributed by atoms with Crippen molar-refractivity contribution in [2.75, 3.05) is 0 Å². The van der Waals surface area contributed by atoms with Crippen LogP contribution in [0.4, 0.5) is 9.59 Å². The van der Waals surface area contributed by atoms with Crippen LogP contribution >= 0.6 is 0 Å². The standard InChI is InChI=1S/C11H22N6O2/c1-3-7-4-6(2)9(15-17-11(13)19)8(5-7)14-16-10(12)18/h6-7,9,15H,3-5H2,1-2H3,(H3,12,16,18)(H3,13,17,19)/b14-8+/t6-,7+,9+/m1/s1. The zero-order chi connectivity index (χ0) is 14.4. The number of hydrazine groups is 1. The molecule has 1 fully saturated rings. The number of carbonyl (C=O) groups is 2. The second-order valence-corrected chi connectivity index (χ2v) is 4.88. The van der Waals surface area contributed by atoms with Gasteiger partial charge in [-0.05, 0) is 24.7 Å². The van der Waals surface area contributed by atoms with Gasteiger partial charge in [0, 0.05) is 0 Å². The van der Waals surface area contributed by atoms with E-state index in [4.69, 9.17) is 11.5 Å². The molecule has 8 heteroatoms. The molecule has 0 aromatic rings. The van der Waals surface area contributed by atoms with Gasteiger partial charge in [0.2, 0.25) is 0 Å². The van der Waals surface area contributed by atoms with Gasteiger partial charge in [-0.25, -0.2) is 20.4 Å². The first-order valence-corrected chi connectivity index (χ1v) is 6.36. The molecule has 0 aliphatic heterocycles. The van der Waals surface area contributed by atoms with Crippen LogP contribution in [-0.2, 0) is 0 Å². The summed E-state index contributed by atoms with van der Waals surface area (Å²) >= 11 is 0. The lowest BCUT2D eigenvalue weighted by atomic mass is 9.77. The Morgan fingerprint density at radius 2 is 2.05 bits per heavy atom. The summed E-state index contributed by atoms with van der Waals surface area (Å²) in [5.41, 5.74) is 18.3. The number of primary amides is 2. The highest BCUT2D eigenvalue weighted by atomic mass is 16.2. The van der Waals surface area contributed by atoms with Gasteiger partial charge >= 0.3 is 12.1 Å². The first-order valence-electron chi connectivity index (χ1n) is 6.36. The lowest BCUT2D eigenvalue weighted by Gasteiger charge is -2.35. The molecule has 0 bridgehead atoms. The Morgan fingerprint density at radius 3 is 2.58 bits per heavy atom. The molecule has 19 heavy (non-hydrogen) atoms. The molecule has 1 saturated carbocycles. The topological polar surface area (TPSA) is 135 Å². The molecule has 0 aromatic heterocycles. The summed E-state index contributed by atoms with van der Waals surface area (Å²) in [4.78, 5) is 21.5. The smallest absolute Gasteiger partial charge is 0.332 e. The third-order valence-corrected chi connectivity index (χ3v) is 3.37. The number of nitrogens with two attached hydrogens (primary N) is 2. The van der Waals surface area contributed by atoms with Crippen molar-refractivity contribution in [2.24, 2.45) is 28.4 Å². The summed E-state index contributed by atoms with van der Waals surface area (Å²) in [6.07, 6.45) is 2.80. The molecule has 4 amide bonds. The Morgan fingerprint density at radius 1 is 1.37 bits per heavy atom. The number of nitrogens with one attached hydrogen (secondary N) is 3. The summed E-state index contributed by atoms with van der Waals surface area (Å²) in [5.74, 6) is 0.772. The van der Waals surface area contributed by atoms with E-state index < -0.39 is 12.1 Å². The second kappa shape index (κ2) is 6.93. The maximum atomic E-state index is 10.8. The van der Waals surface area contributed by atoms with E-state index in [1.165, 1.54) is 0 Å². The number of hydrogen-bond acceptors (Lipinski definition) is 4. The van der Waals surface area contributed by atoms with Gasteiger partial charge in [-0.3, -0.25) is 5.43 Å². The highest BCUT2D eigenvalue weighted by molar-refractivity contribution is 5.91.